The number of piperazine rings is 1. The molecule has 0 radical (unpaired) electrons. The van der Waals surface area contributed by atoms with E-state index in [1.807, 2.05) is 0 Å². The lowest BCUT2D eigenvalue weighted by Gasteiger charge is -2.54. The first-order valence-corrected chi connectivity index (χ1v) is 8.55. The summed E-state index contributed by atoms with van der Waals surface area (Å²) in [6.45, 7) is 10.3. The zero-order valence-corrected chi connectivity index (χ0v) is 13.9. The Morgan fingerprint density at radius 2 is 1.81 bits per heavy atom. The predicted molar refractivity (Wildman–Crippen MR) is 89.5 cm³/mol. The minimum Gasteiger partial charge on any atom is -0.309 e. The van der Waals surface area contributed by atoms with Crippen molar-refractivity contribution in [3.8, 4) is 0 Å². The fourth-order valence-electron chi connectivity index (χ4n) is 4.14. The first-order valence-electron chi connectivity index (χ1n) is 8.55. The summed E-state index contributed by atoms with van der Waals surface area (Å²) >= 11 is 0. The molecule has 2 heteroatoms. The number of benzene rings is 1. The van der Waals surface area contributed by atoms with Crippen LogP contribution in [0.1, 0.15) is 57.1 Å². The molecule has 1 saturated carbocycles. The van der Waals surface area contributed by atoms with E-state index in [1.165, 1.54) is 43.2 Å². The summed E-state index contributed by atoms with van der Waals surface area (Å²) in [5.74, 6) is 0. The second kappa shape index (κ2) is 5.73. The van der Waals surface area contributed by atoms with Crippen LogP contribution in [0.3, 0.4) is 0 Å². The molecule has 2 nitrogen and oxygen atoms in total. The summed E-state index contributed by atoms with van der Waals surface area (Å²) in [5.41, 5.74) is 3.56. The van der Waals surface area contributed by atoms with Crippen molar-refractivity contribution in [2.75, 3.05) is 13.1 Å². The second-order valence-corrected chi connectivity index (χ2v) is 7.80. The molecule has 0 bridgehead atoms. The van der Waals surface area contributed by atoms with Gasteiger partial charge in [0.1, 0.15) is 0 Å². The van der Waals surface area contributed by atoms with E-state index in [4.69, 9.17) is 0 Å². The van der Waals surface area contributed by atoms with Crippen molar-refractivity contribution in [1.29, 1.82) is 0 Å². The van der Waals surface area contributed by atoms with Gasteiger partial charge in [0.25, 0.3) is 0 Å². The Bertz CT molecular complexity index is 486. The van der Waals surface area contributed by atoms with E-state index < -0.39 is 0 Å². The maximum atomic E-state index is 3.81. The SMILES string of the molecule is Cc1ccccc1CN1CC(C)(C)NCC12CCCCC2. The zero-order chi connectivity index (χ0) is 14.9. The highest BCUT2D eigenvalue weighted by atomic mass is 15.3. The molecule has 1 aromatic rings. The van der Waals surface area contributed by atoms with Crippen LogP contribution in [-0.2, 0) is 6.54 Å². The monoisotopic (exact) mass is 286 g/mol. The molecule has 1 saturated heterocycles. The van der Waals surface area contributed by atoms with Crippen molar-refractivity contribution in [3.05, 3.63) is 35.4 Å². The summed E-state index contributed by atoms with van der Waals surface area (Å²) in [4.78, 5) is 2.80. The minimum atomic E-state index is 0.228. The maximum absolute atomic E-state index is 3.81. The third-order valence-corrected chi connectivity index (χ3v) is 5.56. The number of nitrogens with zero attached hydrogens (tertiary/aromatic N) is 1. The Labute approximate surface area is 129 Å². The summed E-state index contributed by atoms with van der Waals surface area (Å²) in [7, 11) is 0. The molecule has 1 aliphatic carbocycles. The molecule has 2 fully saturated rings. The zero-order valence-electron chi connectivity index (χ0n) is 13.9. The van der Waals surface area contributed by atoms with Crippen LogP contribution in [0.2, 0.25) is 0 Å². The number of nitrogens with one attached hydrogen (secondary N) is 1. The van der Waals surface area contributed by atoms with Gasteiger partial charge in [-0.15, -0.1) is 0 Å². The Hall–Kier alpha value is -0.860. The molecule has 1 aliphatic heterocycles. The fourth-order valence-corrected chi connectivity index (χ4v) is 4.14. The molecule has 2 aliphatic rings. The van der Waals surface area contributed by atoms with Crippen LogP contribution in [-0.4, -0.2) is 29.1 Å². The highest BCUT2D eigenvalue weighted by Gasteiger charge is 2.44. The lowest BCUT2D eigenvalue weighted by molar-refractivity contribution is -0.0162. The third-order valence-electron chi connectivity index (χ3n) is 5.56. The summed E-state index contributed by atoms with van der Waals surface area (Å²) < 4.78 is 0. The van der Waals surface area contributed by atoms with Gasteiger partial charge in [-0.25, -0.2) is 0 Å². The van der Waals surface area contributed by atoms with Crippen LogP contribution in [0, 0.1) is 6.92 Å². The largest absolute Gasteiger partial charge is 0.309 e. The number of rotatable bonds is 2. The van der Waals surface area contributed by atoms with Crippen molar-refractivity contribution >= 4 is 0 Å². The van der Waals surface area contributed by atoms with Crippen LogP contribution in [0.4, 0.5) is 0 Å². The first-order chi connectivity index (χ1) is 10.0. The molecular weight excluding hydrogens is 256 g/mol. The van der Waals surface area contributed by atoms with E-state index in [0.717, 1.165) is 19.6 Å². The van der Waals surface area contributed by atoms with Crippen molar-refractivity contribution in [2.45, 2.75) is 70.5 Å². The van der Waals surface area contributed by atoms with Gasteiger partial charge in [0, 0.05) is 30.7 Å². The Morgan fingerprint density at radius 1 is 1.10 bits per heavy atom. The van der Waals surface area contributed by atoms with Crippen molar-refractivity contribution in [2.24, 2.45) is 0 Å². The maximum Gasteiger partial charge on any atom is 0.0338 e. The van der Waals surface area contributed by atoms with Crippen LogP contribution < -0.4 is 5.32 Å². The standard InChI is InChI=1S/C19H30N2/c1-16-9-5-6-10-17(16)13-21-15-18(2,3)20-14-19(21)11-7-4-8-12-19/h5-6,9-10,20H,4,7-8,11-15H2,1-3H3. The summed E-state index contributed by atoms with van der Waals surface area (Å²) in [6, 6.07) is 8.89. The average molecular weight is 286 g/mol. The molecule has 0 amide bonds. The lowest BCUT2D eigenvalue weighted by atomic mass is 9.76. The molecule has 0 unspecified atom stereocenters. The van der Waals surface area contributed by atoms with Crippen molar-refractivity contribution in [1.82, 2.24) is 10.2 Å². The van der Waals surface area contributed by atoms with Gasteiger partial charge in [0.15, 0.2) is 0 Å². The van der Waals surface area contributed by atoms with Crippen molar-refractivity contribution in [3.63, 3.8) is 0 Å². The minimum absolute atomic E-state index is 0.228. The third kappa shape index (κ3) is 3.17. The van der Waals surface area contributed by atoms with E-state index in [9.17, 15) is 0 Å². The Balaban J connectivity index is 1.85. The van der Waals surface area contributed by atoms with Gasteiger partial charge in [-0.2, -0.15) is 0 Å². The van der Waals surface area contributed by atoms with E-state index >= 15 is 0 Å². The lowest BCUT2D eigenvalue weighted by Crippen LogP contribution is -2.68. The number of hydrogen-bond acceptors (Lipinski definition) is 2. The molecule has 116 valence electrons. The molecule has 1 N–H and O–H groups in total. The molecule has 0 atom stereocenters. The molecule has 21 heavy (non-hydrogen) atoms. The molecule has 0 aromatic heterocycles. The van der Waals surface area contributed by atoms with E-state index in [1.54, 1.807) is 0 Å². The van der Waals surface area contributed by atoms with Gasteiger partial charge in [-0.3, -0.25) is 4.90 Å². The van der Waals surface area contributed by atoms with E-state index in [-0.39, 0.29) is 5.54 Å². The molecule has 1 heterocycles. The Morgan fingerprint density at radius 3 is 2.52 bits per heavy atom. The van der Waals surface area contributed by atoms with Gasteiger partial charge >= 0.3 is 0 Å². The van der Waals surface area contributed by atoms with Gasteiger partial charge in [0.2, 0.25) is 0 Å². The van der Waals surface area contributed by atoms with Crippen LogP contribution in [0.5, 0.6) is 0 Å². The van der Waals surface area contributed by atoms with Crippen LogP contribution in [0.15, 0.2) is 24.3 Å². The molecule has 3 rings (SSSR count). The topological polar surface area (TPSA) is 15.3 Å². The van der Waals surface area contributed by atoms with E-state index in [0.29, 0.717) is 5.54 Å². The van der Waals surface area contributed by atoms with Crippen LogP contribution >= 0.6 is 0 Å². The average Bonchev–Trinajstić information content (AvgIpc) is 2.47. The van der Waals surface area contributed by atoms with E-state index in [2.05, 4.69) is 55.3 Å². The first kappa shape index (κ1) is 15.1. The predicted octanol–water partition coefficient (Wildman–Crippen LogP) is 3.88. The molecule has 1 aromatic carbocycles. The normalized spacial score (nSPS) is 25.1. The summed E-state index contributed by atoms with van der Waals surface area (Å²) in [6.07, 6.45) is 6.94. The highest BCUT2D eigenvalue weighted by molar-refractivity contribution is 5.26. The number of hydrogen-bond donors (Lipinski definition) is 1. The quantitative estimate of drug-likeness (QED) is 0.887. The smallest absolute Gasteiger partial charge is 0.0338 e. The van der Waals surface area contributed by atoms with Gasteiger partial charge in [-0.1, -0.05) is 43.5 Å². The highest BCUT2D eigenvalue weighted by Crippen LogP contribution is 2.38. The second-order valence-electron chi connectivity index (χ2n) is 7.80. The van der Waals surface area contributed by atoms with Gasteiger partial charge < -0.3 is 5.32 Å². The van der Waals surface area contributed by atoms with Crippen LogP contribution in [0.25, 0.3) is 0 Å². The van der Waals surface area contributed by atoms with Gasteiger partial charge in [-0.05, 0) is 44.7 Å². The summed E-state index contributed by atoms with van der Waals surface area (Å²) in [5, 5.41) is 3.81. The fraction of sp³-hybridized carbons (Fsp3) is 0.684. The van der Waals surface area contributed by atoms with Crippen molar-refractivity contribution < 1.29 is 0 Å². The Kier molecular flexibility index (Phi) is 4.11. The number of aryl methyl sites for hydroxylation is 1. The van der Waals surface area contributed by atoms with Gasteiger partial charge in [0.05, 0.1) is 0 Å². The molecular formula is C19H30N2. The molecule has 1 spiro atoms.